The van der Waals surface area contributed by atoms with Gasteiger partial charge in [-0.1, -0.05) is 27.7 Å². The van der Waals surface area contributed by atoms with E-state index in [4.69, 9.17) is 12.2 Å². The highest BCUT2D eigenvalue weighted by Gasteiger charge is 2.75. The molecule has 4 saturated carbocycles. The van der Waals surface area contributed by atoms with Crippen LogP contribution in [0, 0.1) is 34.5 Å². The zero-order chi connectivity index (χ0) is 19.8. The van der Waals surface area contributed by atoms with E-state index >= 15 is 0 Å². The molecule has 4 bridgehead atoms. The van der Waals surface area contributed by atoms with Gasteiger partial charge in [-0.3, -0.25) is 9.59 Å². The van der Waals surface area contributed by atoms with E-state index in [2.05, 4.69) is 0 Å². The van der Waals surface area contributed by atoms with Gasteiger partial charge in [-0.25, -0.2) is 0 Å². The molecule has 5 heteroatoms. The smallest absolute Gasteiger partial charge is 0.302 e. The fourth-order valence-electron chi connectivity index (χ4n) is 5.95. The van der Waals surface area contributed by atoms with Gasteiger partial charge in [-0.05, 0) is 30.0 Å². The van der Waals surface area contributed by atoms with E-state index in [1.165, 1.54) is 13.8 Å². The van der Waals surface area contributed by atoms with Crippen molar-refractivity contribution in [2.24, 2.45) is 34.5 Å². The topological polar surface area (TPSA) is 72.8 Å². The minimum Gasteiger partial charge on any atom is -0.462 e. The Morgan fingerprint density at radius 3 is 2.12 bits per heavy atom. The number of carbonyl (C=O) groups excluding carboxylic acids is 2. The molecule has 0 spiro atoms. The Morgan fingerprint density at radius 2 is 1.62 bits per heavy atom. The maximum atomic E-state index is 11.8. The lowest BCUT2D eigenvalue weighted by atomic mass is 9.35. The van der Waals surface area contributed by atoms with Gasteiger partial charge in [0.25, 0.3) is 0 Å². The molecule has 9 atom stereocenters. The fraction of sp³-hybridized carbons (Fsp3) is 0.895. The van der Waals surface area contributed by atoms with Crippen LogP contribution in [0.3, 0.4) is 0 Å². The molecular weight excluding hydrogens is 308 g/mol. The van der Waals surface area contributed by atoms with Crippen molar-refractivity contribution >= 4 is 11.9 Å². The molecule has 0 heterocycles. The Bertz CT molecular complexity index is 633. The SMILES string of the molecule is [2H][C@@H]1C(O)C2C3C(C2(C)[C@H](OC(C)=O)C[C@@H](OC(C)=O)C3(C)C)[C@@]1([2H])C. The fourth-order valence-corrected chi connectivity index (χ4v) is 5.95. The summed E-state index contributed by atoms with van der Waals surface area (Å²) in [7, 11) is 0. The van der Waals surface area contributed by atoms with Crippen LogP contribution in [0.5, 0.6) is 0 Å². The van der Waals surface area contributed by atoms with Crippen molar-refractivity contribution in [3.63, 3.8) is 0 Å². The summed E-state index contributed by atoms with van der Waals surface area (Å²) in [5.74, 6) is -2.60. The highest BCUT2D eigenvalue weighted by atomic mass is 16.6. The molecule has 0 aromatic carbocycles. The number of esters is 2. The number of hydrogen-bond acceptors (Lipinski definition) is 5. The van der Waals surface area contributed by atoms with Gasteiger partial charge in [0.05, 0.1) is 6.10 Å². The lowest BCUT2D eigenvalue weighted by molar-refractivity contribution is -0.282. The lowest BCUT2D eigenvalue weighted by Crippen LogP contribution is -2.71. The van der Waals surface area contributed by atoms with Crippen LogP contribution in [0.1, 0.15) is 57.1 Å². The standard InChI is InChI=1S/C19H30O5/c1-9-7-12(22)16-17-15(9)19(16,6)14(24-11(3)21)8-13(18(17,4)5)23-10(2)20/h9,12-17,22H,7-8H2,1-6H3/t9-,12?,13+,14+,15?,16?,17?,19?/m0/s1/i7D,9D/t7-,9-,12?,13+,14+,15?,16?,17?,19?. The lowest BCUT2D eigenvalue weighted by Gasteiger charge is -2.70. The van der Waals surface area contributed by atoms with Gasteiger partial charge >= 0.3 is 11.9 Å². The first-order valence-electron chi connectivity index (χ1n) is 9.79. The average molecular weight is 340 g/mol. The third-order valence-corrected chi connectivity index (χ3v) is 6.85. The molecule has 24 heavy (non-hydrogen) atoms. The molecule has 4 aliphatic carbocycles. The third-order valence-electron chi connectivity index (χ3n) is 6.85. The molecule has 0 aliphatic heterocycles. The van der Waals surface area contributed by atoms with Crippen LogP contribution >= 0.6 is 0 Å². The molecule has 4 fully saturated rings. The highest BCUT2D eigenvalue weighted by Crippen LogP contribution is 2.74. The number of aliphatic hydroxyl groups excluding tert-OH is 1. The second kappa shape index (κ2) is 5.45. The summed E-state index contributed by atoms with van der Waals surface area (Å²) >= 11 is 0. The van der Waals surface area contributed by atoms with E-state index in [0.717, 1.165) is 0 Å². The molecule has 0 aromatic heterocycles. The monoisotopic (exact) mass is 340 g/mol. The largest absolute Gasteiger partial charge is 0.462 e. The van der Waals surface area contributed by atoms with Crippen LogP contribution in [0.2, 0.25) is 0 Å². The molecule has 4 aliphatic rings. The average Bonchev–Trinajstić information content (AvgIpc) is 2.57. The van der Waals surface area contributed by atoms with Crippen molar-refractivity contribution in [2.45, 2.75) is 72.7 Å². The minimum absolute atomic E-state index is 0.0866. The quantitative estimate of drug-likeness (QED) is 0.782. The summed E-state index contributed by atoms with van der Waals surface area (Å²) < 4.78 is 28.5. The second-order valence-corrected chi connectivity index (χ2v) is 8.55. The van der Waals surface area contributed by atoms with Gasteiger partial charge in [0.15, 0.2) is 0 Å². The van der Waals surface area contributed by atoms with Crippen molar-refractivity contribution < 1.29 is 26.9 Å². The van der Waals surface area contributed by atoms with E-state index in [9.17, 15) is 14.7 Å². The molecule has 0 amide bonds. The normalized spacial score (nSPS) is 56.0. The van der Waals surface area contributed by atoms with Gasteiger partial charge in [-0.15, -0.1) is 0 Å². The van der Waals surface area contributed by atoms with Crippen LogP contribution < -0.4 is 0 Å². The Morgan fingerprint density at radius 1 is 1.08 bits per heavy atom. The Balaban J connectivity index is 2.14. The predicted octanol–water partition coefficient (Wildman–Crippen LogP) is 2.55. The van der Waals surface area contributed by atoms with Gasteiger partial charge in [-0.2, -0.15) is 0 Å². The van der Waals surface area contributed by atoms with Crippen molar-refractivity contribution in [2.75, 3.05) is 0 Å². The maximum Gasteiger partial charge on any atom is 0.302 e. The van der Waals surface area contributed by atoms with Gasteiger partial charge in [0.1, 0.15) is 12.2 Å². The van der Waals surface area contributed by atoms with Gasteiger partial charge in [0.2, 0.25) is 0 Å². The molecule has 0 saturated heterocycles. The van der Waals surface area contributed by atoms with E-state index in [1.54, 1.807) is 6.92 Å². The van der Waals surface area contributed by atoms with Crippen LogP contribution in [-0.2, 0) is 19.1 Å². The predicted molar refractivity (Wildman–Crippen MR) is 87.9 cm³/mol. The van der Waals surface area contributed by atoms with Crippen molar-refractivity contribution in [1.29, 1.82) is 0 Å². The molecular formula is C19H30O5. The van der Waals surface area contributed by atoms with Crippen molar-refractivity contribution in [1.82, 2.24) is 0 Å². The van der Waals surface area contributed by atoms with Gasteiger partial charge < -0.3 is 14.6 Å². The number of aliphatic hydroxyl groups is 1. The summed E-state index contributed by atoms with van der Waals surface area (Å²) in [6.45, 7) is 10.3. The Hall–Kier alpha value is -1.10. The van der Waals surface area contributed by atoms with E-state index < -0.39 is 53.4 Å². The zero-order valence-corrected chi connectivity index (χ0v) is 15.3. The number of fused-ring (bicyclic) bond motifs is 2. The molecule has 1 N–H and O–H groups in total. The summed E-state index contributed by atoms with van der Waals surface area (Å²) in [5.41, 5.74) is -1.12. The van der Waals surface area contributed by atoms with Gasteiger partial charge in [0, 0.05) is 33.8 Å². The molecule has 5 nitrogen and oxygen atoms in total. The van der Waals surface area contributed by atoms with Crippen LogP contribution in [0.15, 0.2) is 0 Å². The van der Waals surface area contributed by atoms with E-state index in [-0.39, 0.29) is 17.8 Å². The van der Waals surface area contributed by atoms with Crippen molar-refractivity contribution in [3.8, 4) is 0 Å². The Labute approximate surface area is 146 Å². The van der Waals surface area contributed by atoms with E-state index in [0.29, 0.717) is 6.42 Å². The molecule has 5 unspecified atom stereocenters. The van der Waals surface area contributed by atoms with Crippen molar-refractivity contribution in [3.05, 3.63) is 0 Å². The second-order valence-electron chi connectivity index (χ2n) is 8.55. The number of hydrogen-bond donors (Lipinski definition) is 1. The van der Waals surface area contributed by atoms with Crippen LogP contribution in [0.25, 0.3) is 0 Å². The Kier molecular flexibility index (Phi) is 3.45. The molecule has 4 rings (SSSR count). The first-order valence-corrected chi connectivity index (χ1v) is 8.72. The molecule has 0 radical (unpaired) electrons. The number of ether oxygens (including phenoxy) is 2. The number of rotatable bonds is 2. The summed E-state index contributed by atoms with van der Waals surface area (Å²) in [4.78, 5) is 23.5. The molecule has 136 valence electrons. The van der Waals surface area contributed by atoms with E-state index in [1.807, 2.05) is 20.8 Å². The maximum absolute atomic E-state index is 11.8. The first-order chi connectivity index (χ1) is 11.8. The summed E-state index contributed by atoms with van der Waals surface area (Å²) in [5, 5.41) is 10.9. The minimum atomic E-state index is -1.19. The van der Waals surface area contributed by atoms with Crippen LogP contribution in [0.4, 0.5) is 0 Å². The summed E-state index contributed by atoms with van der Waals surface area (Å²) in [6, 6.07) is 0. The first kappa shape index (κ1) is 15.2. The molecule has 0 aromatic rings. The number of carbonyl (C=O) groups is 2. The zero-order valence-electron chi connectivity index (χ0n) is 17.3. The summed E-state index contributed by atoms with van der Waals surface area (Å²) in [6.07, 6.45) is -2.59. The van der Waals surface area contributed by atoms with Crippen LogP contribution in [-0.4, -0.2) is 35.4 Å². The third kappa shape index (κ3) is 2.23. The highest BCUT2D eigenvalue weighted by molar-refractivity contribution is 5.67.